The Kier molecular flexibility index (Phi) is 8.78. The molecule has 9 nitrogen and oxygen atoms in total. The minimum Gasteiger partial charge on any atom is -0.490 e. The van der Waals surface area contributed by atoms with Crippen LogP contribution >= 0.6 is 0 Å². The number of fused-ring (bicyclic) bond motifs is 3. The van der Waals surface area contributed by atoms with Gasteiger partial charge < -0.3 is 20.1 Å². The van der Waals surface area contributed by atoms with E-state index in [9.17, 15) is 9.18 Å². The van der Waals surface area contributed by atoms with Crippen molar-refractivity contribution in [3.8, 4) is 39.5 Å². The first-order valence-electron chi connectivity index (χ1n) is 16.7. The second-order valence-corrected chi connectivity index (χ2v) is 13.2. The van der Waals surface area contributed by atoms with Gasteiger partial charge in [0.25, 0.3) is 0 Å². The topological polar surface area (TPSA) is 93.5 Å². The number of nitrogens with zero attached hydrogens (tertiary/aromatic N) is 4. The van der Waals surface area contributed by atoms with Crippen molar-refractivity contribution in [3.05, 3.63) is 76.0 Å². The molecule has 2 aromatic heterocycles. The van der Waals surface area contributed by atoms with Crippen LogP contribution in [-0.4, -0.2) is 72.6 Å². The highest BCUT2D eigenvalue weighted by atomic mass is 19.1. The number of nitrogens with one attached hydrogen (secondary N) is 2. The number of amides is 1. The molecule has 3 atom stereocenters. The third-order valence-electron chi connectivity index (χ3n) is 10.1. The molecule has 3 aliphatic rings. The molecule has 0 saturated carbocycles. The number of rotatable bonds is 8. The molecule has 0 saturated heterocycles. The Bertz CT molecular complexity index is 1860. The molecule has 7 rings (SSSR count). The number of ether oxygens (including phenoxy) is 2. The first-order chi connectivity index (χ1) is 23.2. The van der Waals surface area contributed by atoms with Crippen LogP contribution in [0.3, 0.4) is 0 Å². The van der Waals surface area contributed by atoms with Gasteiger partial charge in [-0.05, 0) is 81.0 Å². The molecular formula is C37H42F2N6O3. The molecule has 252 valence electrons. The van der Waals surface area contributed by atoms with Gasteiger partial charge in [-0.2, -0.15) is 5.10 Å². The van der Waals surface area contributed by atoms with E-state index in [0.29, 0.717) is 36.3 Å². The van der Waals surface area contributed by atoms with Crippen LogP contribution in [0.25, 0.3) is 33.8 Å². The van der Waals surface area contributed by atoms with Gasteiger partial charge in [-0.25, -0.2) is 13.8 Å². The monoisotopic (exact) mass is 656 g/mol. The molecule has 0 bridgehead atoms. The molecule has 2 aliphatic heterocycles. The maximum Gasteiger partial charge on any atom is 0.237 e. The van der Waals surface area contributed by atoms with Crippen LogP contribution in [0, 0.1) is 11.6 Å². The van der Waals surface area contributed by atoms with E-state index in [1.807, 2.05) is 17.8 Å². The standard InChI is InChI=1S/C37H42F2N6O3/c1-20-18-41-21(2)30-17-29(43-45(20)30)36-33(34-28(39)15-25(38)16-32(34)48-12-11-47-5)26-7-6-8-27(26)35(42-36)23-10-9-22-14-31(37(46)40-3)44(4)19-24(22)13-23/h9-10,13,15-17,20-21,31,41H,6-8,11-12,14,18-19H2,1-5H3,(H,40,46)/t20-,21+,31-/m0/s1. The van der Waals surface area contributed by atoms with Crippen LogP contribution in [0.4, 0.5) is 8.78 Å². The van der Waals surface area contributed by atoms with Crippen molar-refractivity contribution in [2.45, 2.75) is 64.2 Å². The van der Waals surface area contributed by atoms with Crippen molar-refractivity contribution in [1.29, 1.82) is 0 Å². The second kappa shape index (κ2) is 13.0. The van der Waals surface area contributed by atoms with Crippen molar-refractivity contribution < 1.29 is 23.0 Å². The molecule has 2 aromatic carbocycles. The normalized spacial score (nSPS) is 20.3. The first kappa shape index (κ1) is 32.4. The number of carbonyl (C=O) groups excluding carboxylic acids is 1. The molecule has 0 unspecified atom stereocenters. The van der Waals surface area contributed by atoms with E-state index < -0.39 is 11.6 Å². The summed E-state index contributed by atoms with van der Waals surface area (Å²) in [7, 11) is 5.20. The number of hydrogen-bond acceptors (Lipinski definition) is 7. The van der Waals surface area contributed by atoms with Crippen molar-refractivity contribution in [3.63, 3.8) is 0 Å². The highest BCUT2D eigenvalue weighted by molar-refractivity contribution is 5.89. The zero-order valence-corrected chi connectivity index (χ0v) is 28.1. The average molecular weight is 657 g/mol. The third-order valence-corrected chi connectivity index (χ3v) is 10.1. The highest BCUT2D eigenvalue weighted by Crippen LogP contribution is 2.47. The molecule has 0 spiro atoms. The van der Waals surface area contributed by atoms with Crippen molar-refractivity contribution in [2.24, 2.45) is 0 Å². The van der Waals surface area contributed by atoms with E-state index >= 15 is 4.39 Å². The lowest BCUT2D eigenvalue weighted by Crippen LogP contribution is -2.47. The summed E-state index contributed by atoms with van der Waals surface area (Å²) in [4.78, 5) is 20.0. The van der Waals surface area contributed by atoms with Crippen molar-refractivity contribution in [2.75, 3.05) is 41.0 Å². The summed E-state index contributed by atoms with van der Waals surface area (Å²) in [5.41, 5.74) is 9.14. The zero-order valence-electron chi connectivity index (χ0n) is 28.1. The van der Waals surface area contributed by atoms with Crippen molar-refractivity contribution in [1.82, 2.24) is 30.3 Å². The minimum atomic E-state index is -0.713. The van der Waals surface area contributed by atoms with Crippen LogP contribution in [0.1, 0.15) is 60.3 Å². The Labute approximate surface area is 279 Å². The molecule has 0 fully saturated rings. The number of benzene rings is 2. The molecule has 4 aromatic rings. The molecule has 48 heavy (non-hydrogen) atoms. The van der Waals surface area contributed by atoms with Gasteiger partial charge >= 0.3 is 0 Å². The quantitative estimate of drug-likeness (QED) is 0.246. The molecular weight excluding hydrogens is 614 g/mol. The molecule has 1 aliphatic carbocycles. The summed E-state index contributed by atoms with van der Waals surface area (Å²) in [6, 6.07) is 10.5. The summed E-state index contributed by atoms with van der Waals surface area (Å²) in [5.74, 6) is -1.30. The number of aromatic nitrogens is 3. The van der Waals surface area contributed by atoms with Crippen LogP contribution in [0.15, 0.2) is 36.4 Å². The Morgan fingerprint density at radius 2 is 1.85 bits per heavy atom. The van der Waals surface area contributed by atoms with Crippen LogP contribution < -0.4 is 15.4 Å². The number of hydrogen-bond donors (Lipinski definition) is 2. The van der Waals surface area contributed by atoms with Gasteiger partial charge in [-0.15, -0.1) is 0 Å². The summed E-state index contributed by atoms with van der Waals surface area (Å²) in [6.45, 7) is 6.04. The van der Waals surface area contributed by atoms with Gasteiger partial charge in [0, 0.05) is 56.5 Å². The van der Waals surface area contributed by atoms with E-state index in [4.69, 9.17) is 19.6 Å². The maximum absolute atomic E-state index is 16.1. The minimum absolute atomic E-state index is 0.00661. The van der Waals surface area contributed by atoms with Gasteiger partial charge in [0.2, 0.25) is 5.91 Å². The van der Waals surface area contributed by atoms with Gasteiger partial charge in [-0.3, -0.25) is 14.4 Å². The van der Waals surface area contributed by atoms with Crippen LogP contribution in [0.2, 0.25) is 0 Å². The predicted molar refractivity (Wildman–Crippen MR) is 180 cm³/mol. The predicted octanol–water partition coefficient (Wildman–Crippen LogP) is 5.40. The molecule has 2 N–H and O–H groups in total. The first-order valence-corrected chi connectivity index (χ1v) is 16.7. The number of likely N-dealkylation sites (N-methyl/N-ethyl adjacent to an activating group) is 2. The number of methoxy groups -OCH3 is 1. The Balaban J connectivity index is 1.44. The van der Waals surface area contributed by atoms with Gasteiger partial charge in [-0.1, -0.05) is 12.1 Å². The van der Waals surface area contributed by atoms with E-state index in [2.05, 4.69) is 47.6 Å². The van der Waals surface area contributed by atoms with E-state index in [1.165, 1.54) is 6.07 Å². The maximum atomic E-state index is 16.1. The number of pyridine rings is 1. The number of halogens is 2. The van der Waals surface area contributed by atoms with E-state index in [-0.39, 0.29) is 48.6 Å². The SMILES string of the molecule is CNC(=O)[C@@H]1Cc2ccc(-c3nc(-c4cc5n(n4)[C@@H](C)CN[C@@H]5C)c(-c4c(F)cc(F)cc4OCCOC)c4c3CCC4)cc2CN1C. The summed E-state index contributed by atoms with van der Waals surface area (Å²) >= 11 is 0. The summed E-state index contributed by atoms with van der Waals surface area (Å²) < 4.78 is 44.0. The number of carbonyl (C=O) groups is 1. The summed E-state index contributed by atoms with van der Waals surface area (Å²) in [5, 5.41) is 11.4. The Morgan fingerprint density at radius 3 is 2.62 bits per heavy atom. The van der Waals surface area contributed by atoms with Gasteiger partial charge in [0.15, 0.2) is 0 Å². The van der Waals surface area contributed by atoms with Gasteiger partial charge in [0.1, 0.15) is 29.7 Å². The fourth-order valence-electron chi connectivity index (χ4n) is 7.56. The van der Waals surface area contributed by atoms with Crippen LogP contribution in [0.5, 0.6) is 5.75 Å². The van der Waals surface area contributed by atoms with Crippen LogP contribution in [-0.2, 0) is 35.3 Å². The van der Waals surface area contributed by atoms with Gasteiger partial charge in [0.05, 0.1) is 41.3 Å². The fourth-order valence-corrected chi connectivity index (χ4v) is 7.56. The lowest BCUT2D eigenvalue weighted by molar-refractivity contribution is -0.125. The van der Waals surface area contributed by atoms with Crippen molar-refractivity contribution >= 4 is 5.91 Å². The second-order valence-electron chi connectivity index (χ2n) is 13.2. The van der Waals surface area contributed by atoms with E-state index in [1.54, 1.807) is 14.2 Å². The molecule has 11 heteroatoms. The Morgan fingerprint density at radius 1 is 1.04 bits per heavy atom. The molecule has 4 heterocycles. The summed E-state index contributed by atoms with van der Waals surface area (Å²) in [6.07, 6.45) is 3.00. The smallest absolute Gasteiger partial charge is 0.237 e. The third kappa shape index (κ3) is 5.67. The highest BCUT2D eigenvalue weighted by Gasteiger charge is 2.33. The lowest BCUT2D eigenvalue weighted by Gasteiger charge is -2.33. The molecule has 1 amide bonds. The largest absolute Gasteiger partial charge is 0.490 e. The zero-order chi connectivity index (χ0) is 33.7. The van der Waals surface area contributed by atoms with E-state index in [0.717, 1.165) is 64.7 Å². The molecule has 0 radical (unpaired) electrons. The fraction of sp³-hybridized carbons (Fsp3) is 0.432. The average Bonchev–Trinajstić information content (AvgIpc) is 3.74. The Hall–Kier alpha value is -4.19. The lowest BCUT2D eigenvalue weighted by atomic mass is 9.88.